The highest BCUT2D eigenvalue weighted by molar-refractivity contribution is 6.23. The van der Waals surface area contributed by atoms with Gasteiger partial charge in [-0.05, 0) is 51.8 Å². The molecule has 4 amide bonds. The molecule has 8 heteroatoms. The number of hydrogen-bond donors (Lipinski definition) is 1. The van der Waals surface area contributed by atoms with Crippen LogP contribution in [0, 0.1) is 0 Å². The van der Waals surface area contributed by atoms with Gasteiger partial charge in [0.2, 0.25) is 11.8 Å². The fourth-order valence-electron chi connectivity index (χ4n) is 5.20. The number of carbonyl (C=O) groups is 4. The molecule has 3 atom stereocenters. The third-order valence-corrected chi connectivity index (χ3v) is 6.86. The molecule has 0 spiro atoms. The number of piperazine rings is 1. The average molecular weight is 410 g/mol. The summed E-state index contributed by atoms with van der Waals surface area (Å²) in [6.07, 6.45) is 1.43. The number of fused-ring (bicyclic) bond motifs is 3. The van der Waals surface area contributed by atoms with Gasteiger partial charge in [-0.1, -0.05) is 0 Å². The Morgan fingerprint density at radius 1 is 0.967 bits per heavy atom. The average Bonchev–Trinajstić information content (AvgIpc) is 2.92. The summed E-state index contributed by atoms with van der Waals surface area (Å²) in [5, 5.41) is 2.23. The summed E-state index contributed by atoms with van der Waals surface area (Å²) in [7, 11) is 0. The van der Waals surface area contributed by atoms with Crippen LogP contribution < -0.4 is 10.2 Å². The standard InChI is InChI=1S/C22H26N4O4/c1-22(2,3)24-10-13-8-14(11-24)25(13)12-4-5-15-16(9-12)21(30)26(20(15)29)17-6-7-18(27)23-19(17)28/h4-5,9,13-14,17H,6-8,10-11H2,1-3H3,(H,23,27,28)/t13?,14?,17-/m0/s1. The zero-order valence-electron chi connectivity index (χ0n) is 17.5. The number of benzene rings is 1. The second-order valence-corrected chi connectivity index (χ2v) is 9.70. The summed E-state index contributed by atoms with van der Waals surface area (Å²) in [6.45, 7) is 8.64. The minimum atomic E-state index is -0.928. The number of piperidine rings is 2. The third kappa shape index (κ3) is 2.77. The zero-order chi connectivity index (χ0) is 21.4. The van der Waals surface area contributed by atoms with Crippen molar-refractivity contribution in [2.24, 2.45) is 0 Å². The van der Waals surface area contributed by atoms with Crippen molar-refractivity contribution in [1.29, 1.82) is 0 Å². The van der Waals surface area contributed by atoms with Crippen LogP contribution in [-0.4, -0.2) is 70.2 Å². The van der Waals surface area contributed by atoms with Crippen molar-refractivity contribution in [1.82, 2.24) is 15.1 Å². The molecule has 0 aromatic heterocycles. The monoisotopic (exact) mass is 410 g/mol. The molecule has 2 unspecified atom stereocenters. The van der Waals surface area contributed by atoms with Crippen molar-refractivity contribution < 1.29 is 19.2 Å². The summed E-state index contributed by atoms with van der Waals surface area (Å²) < 4.78 is 0. The molecule has 5 aliphatic heterocycles. The van der Waals surface area contributed by atoms with Crippen molar-refractivity contribution in [3.8, 4) is 0 Å². The number of nitrogens with one attached hydrogen (secondary N) is 1. The van der Waals surface area contributed by atoms with Gasteiger partial charge in [0.15, 0.2) is 0 Å². The molecule has 2 bridgehead atoms. The van der Waals surface area contributed by atoms with E-state index in [-0.39, 0.29) is 24.3 Å². The maximum Gasteiger partial charge on any atom is 0.262 e. The Hall–Kier alpha value is -2.74. The van der Waals surface area contributed by atoms with E-state index in [0.717, 1.165) is 30.1 Å². The van der Waals surface area contributed by atoms with Gasteiger partial charge in [0.1, 0.15) is 6.04 Å². The van der Waals surface area contributed by atoms with Gasteiger partial charge in [-0.3, -0.25) is 34.3 Å². The Balaban J connectivity index is 1.39. The molecule has 0 radical (unpaired) electrons. The smallest absolute Gasteiger partial charge is 0.262 e. The first-order valence-corrected chi connectivity index (χ1v) is 10.5. The maximum atomic E-state index is 13.1. The third-order valence-electron chi connectivity index (χ3n) is 6.86. The molecule has 30 heavy (non-hydrogen) atoms. The Bertz CT molecular complexity index is 970. The van der Waals surface area contributed by atoms with Gasteiger partial charge >= 0.3 is 0 Å². The van der Waals surface area contributed by atoms with Crippen LogP contribution in [0.1, 0.15) is 60.7 Å². The summed E-state index contributed by atoms with van der Waals surface area (Å²) in [4.78, 5) is 55.4. The SMILES string of the molecule is CC(C)(C)N1CC2CC(C1)N2c1ccc2c(c1)C(=O)N([C@H]1CCC(=O)NC1=O)C2=O. The second-order valence-electron chi connectivity index (χ2n) is 9.70. The summed E-state index contributed by atoms with van der Waals surface area (Å²) in [5.41, 5.74) is 1.76. The topological polar surface area (TPSA) is 90.0 Å². The molecule has 1 N–H and O–H groups in total. The largest absolute Gasteiger partial charge is 0.363 e. The number of nitrogens with zero attached hydrogens (tertiary/aromatic N) is 3. The first-order chi connectivity index (χ1) is 14.1. The van der Waals surface area contributed by atoms with Crippen LogP contribution in [0.25, 0.3) is 0 Å². The highest BCUT2D eigenvalue weighted by Gasteiger charge is 2.48. The van der Waals surface area contributed by atoms with Crippen LogP contribution >= 0.6 is 0 Å². The van der Waals surface area contributed by atoms with Gasteiger partial charge in [0.25, 0.3) is 11.8 Å². The number of anilines is 1. The van der Waals surface area contributed by atoms with E-state index in [1.807, 2.05) is 6.07 Å². The van der Waals surface area contributed by atoms with Gasteiger partial charge < -0.3 is 4.90 Å². The minimum Gasteiger partial charge on any atom is -0.363 e. The Kier molecular flexibility index (Phi) is 4.09. The lowest BCUT2D eigenvalue weighted by atomic mass is 9.84. The lowest BCUT2D eigenvalue weighted by molar-refractivity contribution is -0.136. The fraction of sp³-hybridized carbons (Fsp3) is 0.545. The summed E-state index contributed by atoms with van der Waals surface area (Å²) in [5.74, 6) is -1.86. The van der Waals surface area contributed by atoms with Crippen LogP contribution in [0.4, 0.5) is 5.69 Å². The van der Waals surface area contributed by atoms with Gasteiger partial charge in [0, 0.05) is 42.8 Å². The van der Waals surface area contributed by atoms with E-state index in [1.165, 1.54) is 0 Å². The molecule has 0 aliphatic carbocycles. The molecule has 1 aromatic carbocycles. The van der Waals surface area contributed by atoms with Crippen molar-refractivity contribution >= 4 is 29.3 Å². The van der Waals surface area contributed by atoms with E-state index in [0.29, 0.717) is 23.2 Å². The molecular weight excluding hydrogens is 384 g/mol. The highest BCUT2D eigenvalue weighted by Crippen LogP contribution is 2.40. The van der Waals surface area contributed by atoms with Crippen LogP contribution in [0.3, 0.4) is 0 Å². The van der Waals surface area contributed by atoms with Gasteiger partial charge in [-0.15, -0.1) is 0 Å². The van der Waals surface area contributed by atoms with Crippen molar-refractivity contribution in [2.75, 3.05) is 18.0 Å². The van der Waals surface area contributed by atoms with E-state index in [1.54, 1.807) is 12.1 Å². The van der Waals surface area contributed by atoms with E-state index in [2.05, 4.69) is 35.9 Å². The second kappa shape index (κ2) is 6.38. The van der Waals surface area contributed by atoms with E-state index in [9.17, 15) is 19.2 Å². The van der Waals surface area contributed by atoms with Crippen molar-refractivity contribution in [3.63, 3.8) is 0 Å². The number of carbonyl (C=O) groups excluding carboxylic acids is 4. The number of rotatable bonds is 2. The quantitative estimate of drug-likeness (QED) is 0.736. The molecular formula is C22H26N4O4. The first-order valence-electron chi connectivity index (χ1n) is 10.5. The molecule has 6 rings (SSSR count). The molecule has 5 aliphatic rings. The number of amides is 4. The Morgan fingerprint density at radius 3 is 2.27 bits per heavy atom. The predicted molar refractivity (Wildman–Crippen MR) is 109 cm³/mol. The predicted octanol–water partition coefficient (Wildman–Crippen LogP) is 1.15. The molecule has 4 fully saturated rings. The Labute approximate surface area is 175 Å². The van der Waals surface area contributed by atoms with Gasteiger partial charge in [-0.2, -0.15) is 0 Å². The molecule has 0 saturated carbocycles. The highest BCUT2D eigenvalue weighted by atomic mass is 16.2. The minimum absolute atomic E-state index is 0.122. The zero-order valence-corrected chi connectivity index (χ0v) is 17.5. The lowest BCUT2D eigenvalue weighted by Gasteiger charge is -2.60. The van der Waals surface area contributed by atoms with Crippen LogP contribution in [0.15, 0.2) is 18.2 Å². The van der Waals surface area contributed by atoms with Crippen LogP contribution in [0.5, 0.6) is 0 Å². The first kappa shape index (κ1) is 19.2. The van der Waals surface area contributed by atoms with E-state index >= 15 is 0 Å². The summed E-state index contributed by atoms with van der Waals surface area (Å²) >= 11 is 0. The fourth-order valence-corrected chi connectivity index (χ4v) is 5.20. The molecule has 1 aromatic rings. The molecule has 8 nitrogen and oxygen atoms in total. The van der Waals surface area contributed by atoms with Crippen LogP contribution in [-0.2, 0) is 9.59 Å². The summed E-state index contributed by atoms with van der Waals surface area (Å²) in [6, 6.07) is 5.28. The number of hydrogen-bond acceptors (Lipinski definition) is 6. The van der Waals surface area contributed by atoms with Gasteiger partial charge in [-0.25, -0.2) is 0 Å². The van der Waals surface area contributed by atoms with E-state index in [4.69, 9.17) is 0 Å². The van der Waals surface area contributed by atoms with Crippen molar-refractivity contribution in [2.45, 2.75) is 63.7 Å². The maximum absolute atomic E-state index is 13.1. The van der Waals surface area contributed by atoms with Crippen molar-refractivity contribution in [3.05, 3.63) is 29.3 Å². The van der Waals surface area contributed by atoms with Crippen LogP contribution in [0.2, 0.25) is 0 Å². The molecule has 5 heterocycles. The lowest BCUT2D eigenvalue weighted by Crippen LogP contribution is -2.71. The van der Waals surface area contributed by atoms with E-state index < -0.39 is 23.8 Å². The normalized spacial score (nSPS) is 29.1. The molecule has 4 saturated heterocycles. The number of imide groups is 2. The van der Waals surface area contributed by atoms with Gasteiger partial charge in [0.05, 0.1) is 11.1 Å². The molecule has 158 valence electrons. The Morgan fingerprint density at radius 2 is 1.63 bits per heavy atom.